The third-order valence-corrected chi connectivity index (χ3v) is 9.19. The molecule has 2 saturated heterocycles. The van der Waals surface area contributed by atoms with Crippen molar-refractivity contribution in [1.29, 1.82) is 0 Å². The second-order valence-electron chi connectivity index (χ2n) is 10.4. The average Bonchev–Trinajstić information content (AvgIpc) is 3.66. The number of methoxy groups -OCH3 is 2. The fraction of sp³-hybridized carbons (Fsp3) is 0.344. The van der Waals surface area contributed by atoms with E-state index in [9.17, 15) is 9.59 Å². The number of hydrogen-bond donors (Lipinski definition) is 0. The number of amides is 1. The van der Waals surface area contributed by atoms with Crippen molar-refractivity contribution in [2.75, 3.05) is 38.8 Å². The third-order valence-electron chi connectivity index (χ3n) is 7.99. The number of hydrogen-bond acceptors (Lipinski definition) is 7. The lowest BCUT2D eigenvalue weighted by Crippen LogP contribution is -2.47. The highest BCUT2D eigenvalue weighted by Crippen LogP contribution is 2.41. The van der Waals surface area contributed by atoms with E-state index in [2.05, 4.69) is 4.90 Å². The number of ketones is 1. The molecule has 0 radical (unpaired) electrons. The summed E-state index contributed by atoms with van der Waals surface area (Å²) in [6, 6.07) is 17.1. The molecule has 0 saturated carbocycles. The van der Waals surface area contributed by atoms with Gasteiger partial charge in [-0.15, -0.1) is 11.3 Å². The minimum atomic E-state index is -0.176. The fourth-order valence-corrected chi connectivity index (χ4v) is 7.07. The monoisotopic (exact) mass is 555 g/mol. The van der Waals surface area contributed by atoms with Gasteiger partial charge in [0.1, 0.15) is 23.4 Å². The summed E-state index contributed by atoms with van der Waals surface area (Å²) >= 11 is 1.57. The molecule has 40 heavy (non-hydrogen) atoms. The van der Waals surface area contributed by atoms with Gasteiger partial charge in [-0.2, -0.15) is 0 Å². The lowest BCUT2D eigenvalue weighted by Gasteiger charge is -2.33. The van der Waals surface area contributed by atoms with Gasteiger partial charge in [0.25, 0.3) is 0 Å². The van der Waals surface area contributed by atoms with Crippen LogP contribution in [0.4, 0.5) is 5.82 Å². The standard InChI is InChI=1S/C32H33N3O4S/c1-38-23-11-8-21(9-12-23)31-29(25-14-13-24(39-2)19-27(25)40-31)30(36)22-10-15-28(33-20-22)35-18-6-7-26(35)32(37)34-16-4-3-5-17-34/h8-15,19-20,26H,3-7,16-18H2,1-2H3. The molecule has 206 valence electrons. The molecule has 7 nitrogen and oxygen atoms in total. The Balaban J connectivity index is 1.31. The number of carbonyl (C=O) groups is 2. The van der Waals surface area contributed by atoms with Crippen molar-refractivity contribution in [3.8, 4) is 21.9 Å². The number of nitrogens with zero attached hydrogens (tertiary/aromatic N) is 3. The van der Waals surface area contributed by atoms with Crippen LogP contribution in [0.25, 0.3) is 20.5 Å². The second-order valence-corrected chi connectivity index (χ2v) is 11.4. The number of carbonyl (C=O) groups excluding carboxylic acids is 2. The second kappa shape index (κ2) is 11.3. The maximum Gasteiger partial charge on any atom is 0.245 e. The Labute approximate surface area is 238 Å². The average molecular weight is 556 g/mol. The predicted molar refractivity (Wildman–Crippen MR) is 159 cm³/mol. The zero-order valence-electron chi connectivity index (χ0n) is 22.9. The summed E-state index contributed by atoms with van der Waals surface area (Å²) in [4.78, 5) is 37.1. The highest BCUT2D eigenvalue weighted by atomic mass is 32.1. The van der Waals surface area contributed by atoms with Crippen LogP contribution in [-0.4, -0.2) is 61.5 Å². The summed E-state index contributed by atoms with van der Waals surface area (Å²) in [5.41, 5.74) is 2.12. The largest absolute Gasteiger partial charge is 0.497 e. The van der Waals surface area contributed by atoms with E-state index >= 15 is 0 Å². The first-order chi connectivity index (χ1) is 19.6. The number of thiophene rings is 1. The van der Waals surface area contributed by atoms with Crippen molar-refractivity contribution in [1.82, 2.24) is 9.88 Å². The zero-order chi connectivity index (χ0) is 27.6. The zero-order valence-corrected chi connectivity index (χ0v) is 23.7. The Hall–Kier alpha value is -3.91. The van der Waals surface area contributed by atoms with Gasteiger partial charge in [0.05, 0.1) is 14.2 Å². The van der Waals surface area contributed by atoms with Crippen LogP contribution < -0.4 is 14.4 Å². The lowest BCUT2D eigenvalue weighted by molar-refractivity contribution is -0.133. The van der Waals surface area contributed by atoms with E-state index in [1.54, 1.807) is 31.8 Å². The summed E-state index contributed by atoms with van der Waals surface area (Å²) in [5, 5.41) is 0.887. The molecule has 0 N–H and O–H groups in total. The van der Waals surface area contributed by atoms with Gasteiger partial charge in [-0.3, -0.25) is 9.59 Å². The Kier molecular flexibility index (Phi) is 7.43. The predicted octanol–water partition coefficient (Wildman–Crippen LogP) is 6.19. The first-order valence-corrected chi connectivity index (χ1v) is 14.7. The van der Waals surface area contributed by atoms with Crippen LogP contribution in [0.5, 0.6) is 11.5 Å². The summed E-state index contributed by atoms with van der Waals surface area (Å²) in [5.74, 6) is 2.39. The molecule has 2 aliphatic heterocycles. The summed E-state index contributed by atoms with van der Waals surface area (Å²) in [6.07, 6.45) is 6.81. The number of rotatable bonds is 7. The topological polar surface area (TPSA) is 72.0 Å². The number of anilines is 1. The molecule has 4 aromatic rings. The smallest absolute Gasteiger partial charge is 0.245 e. The van der Waals surface area contributed by atoms with E-state index in [0.29, 0.717) is 11.1 Å². The Morgan fingerprint density at radius 1 is 0.875 bits per heavy atom. The number of fused-ring (bicyclic) bond motifs is 1. The molecule has 6 rings (SSSR count). The maximum atomic E-state index is 14.0. The van der Waals surface area contributed by atoms with E-state index in [-0.39, 0.29) is 17.7 Å². The molecular formula is C32H33N3O4S. The Bertz CT molecular complexity index is 1520. The number of aromatic nitrogens is 1. The normalized spacial score (nSPS) is 17.3. The van der Waals surface area contributed by atoms with Crippen LogP contribution in [0.2, 0.25) is 0 Å². The quantitative estimate of drug-likeness (QED) is 0.253. The van der Waals surface area contributed by atoms with Crippen LogP contribution in [0, 0.1) is 0 Å². The van der Waals surface area contributed by atoms with Crippen LogP contribution in [-0.2, 0) is 4.79 Å². The van der Waals surface area contributed by atoms with Crippen molar-refractivity contribution in [3.05, 3.63) is 71.9 Å². The fourth-order valence-electron chi connectivity index (χ4n) is 5.83. The van der Waals surface area contributed by atoms with Gasteiger partial charge in [0.2, 0.25) is 5.91 Å². The first-order valence-electron chi connectivity index (χ1n) is 13.9. The Morgan fingerprint density at radius 3 is 2.33 bits per heavy atom. The summed E-state index contributed by atoms with van der Waals surface area (Å²) in [7, 11) is 3.28. The van der Waals surface area contributed by atoms with Gasteiger partial charge in [0.15, 0.2) is 5.78 Å². The van der Waals surface area contributed by atoms with E-state index in [4.69, 9.17) is 14.5 Å². The van der Waals surface area contributed by atoms with E-state index in [1.807, 2.05) is 59.5 Å². The highest BCUT2D eigenvalue weighted by molar-refractivity contribution is 7.22. The van der Waals surface area contributed by atoms with E-state index in [0.717, 1.165) is 83.2 Å². The SMILES string of the molecule is COc1ccc(-c2sc3cc(OC)ccc3c2C(=O)c2ccc(N3CCCC3C(=O)N3CCCCC3)nc2)cc1. The van der Waals surface area contributed by atoms with Gasteiger partial charge < -0.3 is 19.3 Å². The molecule has 2 fully saturated rings. The van der Waals surface area contributed by atoms with Crippen molar-refractivity contribution >= 4 is 38.9 Å². The molecule has 2 aromatic heterocycles. The van der Waals surface area contributed by atoms with Crippen LogP contribution >= 0.6 is 11.3 Å². The third kappa shape index (κ3) is 4.92. The van der Waals surface area contributed by atoms with Gasteiger partial charge in [-0.1, -0.05) is 0 Å². The van der Waals surface area contributed by atoms with E-state index < -0.39 is 0 Å². The molecule has 2 aliphatic rings. The van der Waals surface area contributed by atoms with Crippen LogP contribution in [0.15, 0.2) is 60.8 Å². The maximum absolute atomic E-state index is 14.0. The van der Waals surface area contributed by atoms with Crippen molar-refractivity contribution < 1.29 is 19.1 Å². The first kappa shape index (κ1) is 26.3. The summed E-state index contributed by atoms with van der Waals surface area (Å²) < 4.78 is 11.8. The van der Waals surface area contributed by atoms with Crippen LogP contribution in [0.1, 0.15) is 48.0 Å². The number of likely N-dealkylation sites (tertiary alicyclic amines) is 1. The molecule has 1 atom stereocenters. The molecule has 0 aliphatic carbocycles. The minimum absolute atomic E-state index is 0.0800. The molecule has 1 amide bonds. The van der Waals surface area contributed by atoms with Crippen LogP contribution in [0.3, 0.4) is 0 Å². The van der Waals surface area contributed by atoms with E-state index in [1.165, 1.54) is 6.42 Å². The molecule has 8 heteroatoms. The molecule has 0 spiro atoms. The van der Waals surface area contributed by atoms with Gasteiger partial charge >= 0.3 is 0 Å². The minimum Gasteiger partial charge on any atom is -0.497 e. The number of piperidine rings is 1. The molecule has 1 unspecified atom stereocenters. The highest BCUT2D eigenvalue weighted by Gasteiger charge is 2.35. The van der Waals surface area contributed by atoms with Crippen molar-refractivity contribution in [2.45, 2.75) is 38.1 Å². The number of benzene rings is 2. The summed E-state index contributed by atoms with van der Waals surface area (Å²) in [6.45, 7) is 2.49. The lowest BCUT2D eigenvalue weighted by atomic mass is 9.98. The molecular weight excluding hydrogens is 522 g/mol. The number of pyridine rings is 1. The van der Waals surface area contributed by atoms with Crippen molar-refractivity contribution in [2.24, 2.45) is 0 Å². The van der Waals surface area contributed by atoms with Gasteiger partial charge in [-0.05, 0) is 92.3 Å². The number of ether oxygens (including phenoxy) is 2. The molecule has 4 heterocycles. The van der Waals surface area contributed by atoms with Gasteiger partial charge in [0, 0.05) is 51.9 Å². The van der Waals surface area contributed by atoms with Crippen molar-refractivity contribution in [3.63, 3.8) is 0 Å². The van der Waals surface area contributed by atoms with Gasteiger partial charge in [-0.25, -0.2) is 4.98 Å². The molecule has 0 bridgehead atoms. The Morgan fingerprint density at radius 2 is 1.62 bits per heavy atom. The molecule has 2 aromatic carbocycles.